The van der Waals surface area contributed by atoms with Crippen molar-refractivity contribution in [3.8, 4) is 0 Å². The summed E-state index contributed by atoms with van der Waals surface area (Å²) in [4.78, 5) is 0. The first-order chi connectivity index (χ1) is 13.1. The maximum atomic E-state index is 10.6. The van der Waals surface area contributed by atoms with E-state index in [1.165, 1.54) is 26.9 Å². The smallest absolute Gasteiger partial charge is 0.110 e. The standard InChI is InChI=1S/C24H18O3/c25-19-11-17-18(23(26)24(19)27)10-13-9-8-12-4-3-7-15-14-5-1-2-6-16(14)22(17)21(13)20(12)15/h1-10,19,23-27H,11H2/t19-,23-,24-/m1/s1. The average Bonchev–Trinajstić information content (AvgIpc) is 2.70. The Morgan fingerprint density at radius 3 is 2.22 bits per heavy atom. The number of fused-ring (bicyclic) bond motifs is 5. The molecule has 132 valence electrons. The summed E-state index contributed by atoms with van der Waals surface area (Å²) in [5.41, 5.74) is 1.67. The van der Waals surface area contributed by atoms with Gasteiger partial charge in [-0.05, 0) is 60.3 Å². The Kier molecular flexibility index (Phi) is 2.94. The van der Waals surface area contributed by atoms with Gasteiger partial charge in [0.1, 0.15) is 12.2 Å². The van der Waals surface area contributed by atoms with Crippen LogP contribution < -0.4 is 0 Å². The summed E-state index contributed by atoms with van der Waals surface area (Å²) in [6, 6.07) is 20.9. The summed E-state index contributed by atoms with van der Waals surface area (Å²) in [6.07, 6.45) is -2.86. The van der Waals surface area contributed by atoms with E-state index >= 15 is 0 Å². The monoisotopic (exact) mass is 354 g/mol. The predicted molar refractivity (Wildman–Crippen MR) is 108 cm³/mol. The van der Waals surface area contributed by atoms with Crippen molar-refractivity contribution >= 4 is 43.1 Å². The van der Waals surface area contributed by atoms with Crippen molar-refractivity contribution in [3.05, 3.63) is 71.8 Å². The minimum absolute atomic E-state index is 0.339. The normalized spacial score (nSPS) is 22.9. The van der Waals surface area contributed by atoms with Gasteiger partial charge in [-0.1, -0.05) is 54.6 Å². The Morgan fingerprint density at radius 1 is 0.667 bits per heavy atom. The summed E-state index contributed by atoms with van der Waals surface area (Å²) in [5.74, 6) is 0. The lowest BCUT2D eigenvalue weighted by Gasteiger charge is -2.32. The molecule has 0 heterocycles. The SMILES string of the molecule is O[C@@H]1[C@H](O)Cc2c(cc3ccc4cccc5c6ccccc6c2c3c45)[C@H]1O. The zero-order chi connectivity index (χ0) is 18.3. The van der Waals surface area contributed by atoms with E-state index in [0.29, 0.717) is 6.42 Å². The van der Waals surface area contributed by atoms with Crippen LogP contribution in [0.3, 0.4) is 0 Å². The van der Waals surface area contributed by atoms with Crippen molar-refractivity contribution < 1.29 is 15.3 Å². The van der Waals surface area contributed by atoms with Gasteiger partial charge in [0, 0.05) is 6.42 Å². The van der Waals surface area contributed by atoms with E-state index in [0.717, 1.165) is 27.3 Å². The summed E-state index contributed by atoms with van der Waals surface area (Å²) >= 11 is 0. The first-order valence-electron chi connectivity index (χ1n) is 9.30. The fraction of sp³-hybridized carbons (Fsp3) is 0.167. The van der Waals surface area contributed by atoms with E-state index in [1.54, 1.807) is 0 Å². The second-order valence-corrected chi connectivity index (χ2v) is 7.64. The second-order valence-electron chi connectivity index (χ2n) is 7.64. The third-order valence-corrected chi connectivity index (χ3v) is 6.23. The van der Waals surface area contributed by atoms with Crippen LogP contribution >= 0.6 is 0 Å². The van der Waals surface area contributed by atoms with Gasteiger partial charge in [-0.2, -0.15) is 0 Å². The Balaban J connectivity index is 1.96. The van der Waals surface area contributed by atoms with Crippen LogP contribution in [0.5, 0.6) is 0 Å². The Hall–Kier alpha value is -2.72. The molecule has 3 heteroatoms. The number of rotatable bonds is 0. The number of aliphatic hydroxyl groups is 3. The van der Waals surface area contributed by atoms with Crippen LogP contribution in [0, 0.1) is 0 Å². The number of aliphatic hydroxyl groups excluding tert-OH is 3. The van der Waals surface area contributed by atoms with E-state index in [4.69, 9.17) is 0 Å². The minimum atomic E-state index is -1.16. The minimum Gasteiger partial charge on any atom is -0.390 e. The number of benzene rings is 5. The molecular weight excluding hydrogens is 336 g/mol. The molecule has 0 amide bonds. The molecule has 0 saturated heterocycles. The highest BCUT2D eigenvalue weighted by Crippen LogP contribution is 2.45. The quantitative estimate of drug-likeness (QED) is 0.290. The maximum Gasteiger partial charge on any atom is 0.110 e. The molecule has 3 N–H and O–H groups in total. The maximum absolute atomic E-state index is 10.6. The fourth-order valence-corrected chi connectivity index (χ4v) is 5.00. The van der Waals surface area contributed by atoms with Crippen LogP contribution in [0.25, 0.3) is 43.1 Å². The third-order valence-electron chi connectivity index (χ3n) is 6.23. The van der Waals surface area contributed by atoms with Crippen molar-refractivity contribution in [1.82, 2.24) is 0 Å². The lowest BCUT2D eigenvalue weighted by atomic mass is 9.78. The lowest BCUT2D eigenvalue weighted by molar-refractivity contribution is -0.0682. The van der Waals surface area contributed by atoms with E-state index in [1.807, 2.05) is 18.2 Å². The highest BCUT2D eigenvalue weighted by Gasteiger charge is 2.35. The molecule has 5 aromatic carbocycles. The fourth-order valence-electron chi connectivity index (χ4n) is 5.00. The zero-order valence-corrected chi connectivity index (χ0v) is 14.6. The molecule has 3 nitrogen and oxygen atoms in total. The molecule has 0 fully saturated rings. The molecule has 1 aliphatic carbocycles. The summed E-state index contributed by atoms with van der Waals surface area (Å²) in [6.45, 7) is 0. The third kappa shape index (κ3) is 1.86. The van der Waals surface area contributed by atoms with Gasteiger partial charge in [-0.15, -0.1) is 0 Å². The Bertz CT molecular complexity index is 1350. The van der Waals surface area contributed by atoms with E-state index in [-0.39, 0.29) is 0 Å². The van der Waals surface area contributed by atoms with Gasteiger partial charge >= 0.3 is 0 Å². The molecule has 27 heavy (non-hydrogen) atoms. The first kappa shape index (κ1) is 15.3. The first-order valence-corrected chi connectivity index (χ1v) is 9.30. The number of hydrogen-bond donors (Lipinski definition) is 3. The van der Waals surface area contributed by atoms with Gasteiger partial charge in [0.2, 0.25) is 0 Å². The van der Waals surface area contributed by atoms with Crippen molar-refractivity contribution in [3.63, 3.8) is 0 Å². The molecular formula is C24H18O3. The Morgan fingerprint density at radius 2 is 1.37 bits per heavy atom. The average molecular weight is 354 g/mol. The molecule has 1 aliphatic rings. The topological polar surface area (TPSA) is 60.7 Å². The second kappa shape index (κ2) is 5.17. The van der Waals surface area contributed by atoms with Gasteiger partial charge in [-0.25, -0.2) is 0 Å². The molecule has 0 aliphatic heterocycles. The molecule has 0 spiro atoms. The summed E-state index contributed by atoms with van der Waals surface area (Å²) in [5, 5.41) is 40.5. The van der Waals surface area contributed by atoms with Crippen molar-refractivity contribution in [1.29, 1.82) is 0 Å². The van der Waals surface area contributed by atoms with Gasteiger partial charge in [-0.3, -0.25) is 0 Å². The highest BCUT2D eigenvalue weighted by atomic mass is 16.4. The van der Waals surface area contributed by atoms with E-state index in [2.05, 4.69) is 42.5 Å². The molecule has 0 unspecified atom stereocenters. The molecule has 3 atom stereocenters. The van der Waals surface area contributed by atoms with Crippen molar-refractivity contribution in [2.45, 2.75) is 24.7 Å². The van der Waals surface area contributed by atoms with Crippen LogP contribution in [0.15, 0.2) is 60.7 Å². The van der Waals surface area contributed by atoms with Gasteiger partial charge in [0.05, 0.1) is 6.10 Å². The molecule has 0 aromatic heterocycles. The van der Waals surface area contributed by atoms with Crippen LogP contribution in [0.1, 0.15) is 17.2 Å². The summed E-state index contributed by atoms with van der Waals surface area (Å²) < 4.78 is 0. The van der Waals surface area contributed by atoms with Gasteiger partial charge in [0.15, 0.2) is 0 Å². The van der Waals surface area contributed by atoms with Crippen molar-refractivity contribution in [2.24, 2.45) is 0 Å². The van der Waals surface area contributed by atoms with Crippen LogP contribution in [0.4, 0.5) is 0 Å². The van der Waals surface area contributed by atoms with Gasteiger partial charge in [0.25, 0.3) is 0 Å². The molecule has 0 saturated carbocycles. The van der Waals surface area contributed by atoms with Crippen molar-refractivity contribution in [2.75, 3.05) is 0 Å². The highest BCUT2D eigenvalue weighted by molar-refractivity contribution is 6.34. The number of hydrogen-bond acceptors (Lipinski definition) is 3. The van der Waals surface area contributed by atoms with Gasteiger partial charge < -0.3 is 15.3 Å². The van der Waals surface area contributed by atoms with E-state index in [9.17, 15) is 15.3 Å². The van der Waals surface area contributed by atoms with Crippen LogP contribution in [-0.4, -0.2) is 27.5 Å². The summed E-state index contributed by atoms with van der Waals surface area (Å²) in [7, 11) is 0. The zero-order valence-electron chi connectivity index (χ0n) is 14.6. The molecule has 0 bridgehead atoms. The lowest BCUT2D eigenvalue weighted by Crippen LogP contribution is -2.38. The van der Waals surface area contributed by atoms with Crippen LogP contribution in [-0.2, 0) is 6.42 Å². The molecule has 5 aromatic rings. The van der Waals surface area contributed by atoms with E-state index < -0.39 is 18.3 Å². The predicted octanol–water partition coefficient (Wildman–Crippen LogP) is 4.05. The molecule has 6 rings (SSSR count). The largest absolute Gasteiger partial charge is 0.390 e. The molecule has 0 radical (unpaired) electrons. The van der Waals surface area contributed by atoms with Crippen LogP contribution in [0.2, 0.25) is 0 Å². The Labute approximate surface area is 155 Å².